The van der Waals surface area contributed by atoms with Gasteiger partial charge in [0.1, 0.15) is 11.5 Å². The molecule has 0 radical (unpaired) electrons. The number of methoxy groups -OCH3 is 1. The van der Waals surface area contributed by atoms with Gasteiger partial charge in [-0.15, -0.1) is 0 Å². The van der Waals surface area contributed by atoms with Gasteiger partial charge in [0.2, 0.25) is 0 Å². The molecule has 1 unspecified atom stereocenters. The zero-order valence-corrected chi connectivity index (χ0v) is 21.0. The lowest BCUT2D eigenvalue weighted by molar-refractivity contribution is -0.132. The van der Waals surface area contributed by atoms with Gasteiger partial charge < -0.3 is 9.84 Å². The van der Waals surface area contributed by atoms with Crippen LogP contribution in [0.1, 0.15) is 22.7 Å². The Kier molecular flexibility index (Phi) is 5.50. The quantitative estimate of drug-likeness (QED) is 0.174. The molecule has 0 spiro atoms. The molecule has 1 fully saturated rings. The molecule has 1 aliphatic rings. The zero-order valence-electron chi connectivity index (χ0n) is 20.1. The number of aryl methyl sites for hydroxylation is 1. The van der Waals surface area contributed by atoms with Crippen molar-refractivity contribution in [2.24, 2.45) is 0 Å². The summed E-state index contributed by atoms with van der Waals surface area (Å²) in [4.78, 5) is 33.2. The van der Waals surface area contributed by atoms with E-state index >= 15 is 0 Å². The summed E-state index contributed by atoms with van der Waals surface area (Å²) in [6.45, 7) is 1.99. The summed E-state index contributed by atoms with van der Waals surface area (Å²) in [6, 6.07) is 25.3. The standard InChI is InChI=1S/C30H22N2O4S/c1-17-13-14-23-24(15-17)37-30(31-23)32-26(19-9-5-10-20(16-19)36-2)25(28(34)29(32)35)27(33)22-12-6-8-18-7-3-4-11-21(18)22/h3-16,26,33H,1-2H3/b27-25+. The molecule has 37 heavy (non-hydrogen) atoms. The second kappa shape index (κ2) is 8.87. The maximum absolute atomic E-state index is 13.6. The topological polar surface area (TPSA) is 79.7 Å². The van der Waals surface area contributed by atoms with Crippen LogP contribution in [0.15, 0.2) is 90.5 Å². The Hall–Kier alpha value is -4.49. The third-order valence-corrected chi connectivity index (χ3v) is 7.65. The number of aliphatic hydroxyl groups excluding tert-OH is 1. The van der Waals surface area contributed by atoms with Gasteiger partial charge in [0.05, 0.1) is 28.9 Å². The molecule has 2 heterocycles. The number of thiazole rings is 1. The Bertz CT molecular complexity index is 1750. The Balaban J connectivity index is 1.61. The number of aliphatic hydroxyl groups is 1. The molecule has 1 aliphatic heterocycles. The summed E-state index contributed by atoms with van der Waals surface area (Å²) >= 11 is 1.34. The molecule has 0 saturated carbocycles. The second-order valence-corrected chi connectivity index (χ2v) is 9.95. The second-order valence-electron chi connectivity index (χ2n) is 8.94. The van der Waals surface area contributed by atoms with Crippen LogP contribution >= 0.6 is 11.3 Å². The molecule has 6 nitrogen and oxygen atoms in total. The number of carbonyl (C=O) groups excluding carboxylic acids is 2. The minimum atomic E-state index is -0.879. The summed E-state index contributed by atoms with van der Waals surface area (Å²) in [7, 11) is 1.56. The van der Waals surface area contributed by atoms with Crippen LogP contribution in [0.3, 0.4) is 0 Å². The predicted molar refractivity (Wildman–Crippen MR) is 146 cm³/mol. The van der Waals surface area contributed by atoms with Crippen molar-refractivity contribution < 1.29 is 19.4 Å². The van der Waals surface area contributed by atoms with Gasteiger partial charge in [-0.25, -0.2) is 4.98 Å². The van der Waals surface area contributed by atoms with E-state index in [0.29, 0.717) is 22.0 Å². The molecule has 1 aromatic heterocycles. The van der Waals surface area contributed by atoms with Gasteiger partial charge in [-0.1, -0.05) is 72.0 Å². The Morgan fingerprint density at radius 1 is 0.973 bits per heavy atom. The van der Waals surface area contributed by atoms with Gasteiger partial charge in [-0.3, -0.25) is 14.5 Å². The number of anilines is 1. The third-order valence-electron chi connectivity index (χ3n) is 6.64. The average molecular weight is 507 g/mol. The molecule has 0 bridgehead atoms. The summed E-state index contributed by atoms with van der Waals surface area (Å²) in [6.07, 6.45) is 0. The zero-order chi connectivity index (χ0) is 25.7. The van der Waals surface area contributed by atoms with Crippen LogP contribution in [-0.4, -0.2) is 28.9 Å². The number of carbonyl (C=O) groups is 2. The summed E-state index contributed by atoms with van der Waals surface area (Å²) in [5.41, 5.74) is 2.96. The minimum absolute atomic E-state index is 0.0186. The number of amides is 1. The molecule has 6 rings (SSSR count). The third kappa shape index (κ3) is 3.75. The van der Waals surface area contributed by atoms with E-state index in [-0.39, 0.29) is 11.3 Å². The normalized spacial score (nSPS) is 17.1. The highest BCUT2D eigenvalue weighted by Crippen LogP contribution is 2.45. The summed E-state index contributed by atoms with van der Waals surface area (Å²) < 4.78 is 6.34. The van der Waals surface area contributed by atoms with Crippen LogP contribution in [-0.2, 0) is 9.59 Å². The van der Waals surface area contributed by atoms with Gasteiger partial charge in [-0.2, -0.15) is 0 Å². The van der Waals surface area contributed by atoms with Gasteiger partial charge in [0.15, 0.2) is 5.13 Å². The minimum Gasteiger partial charge on any atom is -0.507 e. The maximum atomic E-state index is 13.6. The van der Waals surface area contributed by atoms with Crippen LogP contribution in [0.25, 0.3) is 26.7 Å². The van der Waals surface area contributed by atoms with Gasteiger partial charge in [0, 0.05) is 5.56 Å². The maximum Gasteiger partial charge on any atom is 0.301 e. The fraction of sp³-hybridized carbons (Fsp3) is 0.100. The highest BCUT2D eigenvalue weighted by atomic mass is 32.1. The van der Waals surface area contributed by atoms with Crippen LogP contribution < -0.4 is 9.64 Å². The monoisotopic (exact) mass is 506 g/mol. The lowest BCUT2D eigenvalue weighted by Crippen LogP contribution is -2.29. The largest absolute Gasteiger partial charge is 0.507 e. The molecule has 0 aliphatic carbocycles. The molecule has 1 saturated heterocycles. The number of Topliss-reactive ketones (excluding diaryl/α,β-unsaturated/α-hetero) is 1. The summed E-state index contributed by atoms with van der Waals surface area (Å²) in [5, 5.41) is 13.7. The Morgan fingerprint density at radius 3 is 2.59 bits per heavy atom. The van der Waals surface area contributed by atoms with E-state index < -0.39 is 17.7 Å². The van der Waals surface area contributed by atoms with Crippen molar-refractivity contribution in [3.05, 3.63) is 107 Å². The molecule has 4 aromatic carbocycles. The van der Waals surface area contributed by atoms with E-state index in [1.54, 1.807) is 31.4 Å². The number of nitrogens with zero attached hydrogens (tertiary/aromatic N) is 2. The number of hydrogen-bond acceptors (Lipinski definition) is 6. The van der Waals surface area contributed by atoms with Crippen molar-refractivity contribution in [2.45, 2.75) is 13.0 Å². The predicted octanol–water partition coefficient (Wildman–Crippen LogP) is 6.39. The first-order valence-electron chi connectivity index (χ1n) is 11.8. The van der Waals surface area contributed by atoms with Crippen molar-refractivity contribution in [3.63, 3.8) is 0 Å². The first kappa shape index (κ1) is 22.9. The number of ketones is 1. The highest BCUT2D eigenvalue weighted by Gasteiger charge is 2.48. The molecule has 1 atom stereocenters. The van der Waals surface area contributed by atoms with E-state index in [1.807, 2.05) is 67.6 Å². The Labute approximate surface area is 217 Å². The number of benzene rings is 4. The van der Waals surface area contributed by atoms with Crippen molar-refractivity contribution in [1.29, 1.82) is 0 Å². The van der Waals surface area contributed by atoms with Gasteiger partial charge in [0.25, 0.3) is 5.78 Å². The van der Waals surface area contributed by atoms with Crippen LogP contribution in [0, 0.1) is 6.92 Å². The lowest BCUT2D eigenvalue weighted by Gasteiger charge is -2.23. The van der Waals surface area contributed by atoms with E-state index in [4.69, 9.17) is 9.72 Å². The first-order valence-corrected chi connectivity index (χ1v) is 12.6. The molecular weight excluding hydrogens is 484 g/mol. The molecule has 1 amide bonds. The molecule has 1 N–H and O–H groups in total. The first-order chi connectivity index (χ1) is 18.0. The van der Waals surface area contributed by atoms with Crippen molar-refractivity contribution in [1.82, 2.24) is 4.98 Å². The van der Waals surface area contributed by atoms with Crippen molar-refractivity contribution >= 4 is 54.9 Å². The number of ether oxygens (including phenoxy) is 1. The average Bonchev–Trinajstić information content (AvgIpc) is 3.45. The SMILES string of the molecule is COc1cccc(C2/C(=C(\O)c3cccc4ccccc34)C(=O)C(=O)N2c2nc3ccc(C)cc3s2)c1. The number of hydrogen-bond donors (Lipinski definition) is 1. The van der Waals surface area contributed by atoms with Crippen LogP contribution in [0.2, 0.25) is 0 Å². The fourth-order valence-electron chi connectivity index (χ4n) is 4.86. The Morgan fingerprint density at radius 2 is 1.76 bits per heavy atom. The fourth-order valence-corrected chi connectivity index (χ4v) is 5.95. The smallest absolute Gasteiger partial charge is 0.301 e. The van der Waals surface area contributed by atoms with Gasteiger partial charge >= 0.3 is 5.91 Å². The van der Waals surface area contributed by atoms with Crippen molar-refractivity contribution in [3.8, 4) is 5.75 Å². The molecular formula is C30H22N2O4S. The van der Waals surface area contributed by atoms with E-state index in [9.17, 15) is 14.7 Å². The molecule has 7 heteroatoms. The molecule has 5 aromatic rings. The van der Waals surface area contributed by atoms with E-state index in [1.165, 1.54) is 16.2 Å². The number of fused-ring (bicyclic) bond motifs is 2. The van der Waals surface area contributed by atoms with Crippen LogP contribution in [0.4, 0.5) is 5.13 Å². The molecule has 182 valence electrons. The highest BCUT2D eigenvalue weighted by molar-refractivity contribution is 7.22. The van der Waals surface area contributed by atoms with Crippen LogP contribution in [0.5, 0.6) is 5.75 Å². The van der Waals surface area contributed by atoms with Gasteiger partial charge in [-0.05, 0) is 53.1 Å². The van der Waals surface area contributed by atoms with Crippen molar-refractivity contribution in [2.75, 3.05) is 12.0 Å². The lowest BCUT2D eigenvalue weighted by atomic mass is 9.93. The number of aromatic nitrogens is 1. The number of rotatable bonds is 4. The van der Waals surface area contributed by atoms with E-state index in [2.05, 4.69) is 0 Å². The summed E-state index contributed by atoms with van der Waals surface area (Å²) in [5.74, 6) is -1.13. The van der Waals surface area contributed by atoms with E-state index in [0.717, 1.165) is 26.6 Å².